The lowest BCUT2D eigenvalue weighted by atomic mass is 10.1. The van der Waals surface area contributed by atoms with E-state index < -0.39 is 0 Å². The van der Waals surface area contributed by atoms with E-state index in [2.05, 4.69) is 50.8 Å². The molecule has 0 spiro atoms. The van der Waals surface area contributed by atoms with Gasteiger partial charge in [-0.15, -0.1) is 0 Å². The van der Waals surface area contributed by atoms with Crippen LogP contribution in [0.15, 0.2) is 18.3 Å². The van der Waals surface area contributed by atoms with Gasteiger partial charge in [0, 0.05) is 18.0 Å². The molecular formula is C11H12IN3OS. The highest BCUT2D eigenvalue weighted by Crippen LogP contribution is 2.23. The molecule has 17 heavy (non-hydrogen) atoms. The number of halogens is 1. The van der Waals surface area contributed by atoms with E-state index in [0.29, 0.717) is 16.9 Å². The van der Waals surface area contributed by atoms with Crippen LogP contribution in [-0.2, 0) is 6.42 Å². The van der Waals surface area contributed by atoms with Crippen LogP contribution in [0.1, 0.15) is 19.7 Å². The molecule has 0 N–H and O–H groups in total. The van der Waals surface area contributed by atoms with E-state index >= 15 is 0 Å². The predicted octanol–water partition coefficient (Wildman–Crippen LogP) is 3.53. The number of aromatic nitrogens is 3. The first-order valence-electron chi connectivity index (χ1n) is 5.25. The van der Waals surface area contributed by atoms with Crippen molar-refractivity contribution >= 4 is 34.1 Å². The Hall–Kier alpha value is -0.760. The second kappa shape index (κ2) is 5.72. The number of nitrogens with zero attached hydrogens (tertiary/aromatic N) is 3. The molecule has 0 aromatic carbocycles. The molecule has 0 atom stereocenters. The standard InChI is InChI=1S/C11H12IN3OS/c1-7(2)5-10-14-11(17-15-10)16-8-3-4-9(12)13-6-8/h3-4,6-7H,5H2,1-2H3. The van der Waals surface area contributed by atoms with Gasteiger partial charge in [0.15, 0.2) is 0 Å². The van der Waals surface area contributed by atoms with E-state index in [0.717, 1.165) is 15.9 Å². The lowest BCUT2D eigenvalue weighted by Gasteiger charge is -2.00. The van der Waals surface area contributed by atoms with E-state index in [1.54, 1.807) is 6.20 Å². The van der Waals surface area contributed by atoms with Crippen molar-refractivity contribution in [2.24, 2.45) is 5.92 Å². The third-order valence-corrected chi connectivity index (χ3v) is 3.22. The van der Waals surface area contributed by atoms with Crippen LogP contribution < -0.4 is 4.74 Å². The molecule has 0 aliphatic heterocycles. The van der Waals surface area contributed by atoms with Crippen molar-refractivity contribution in [2.45, 2.75) is 20.3 Å². The molecule has 0 amide bonds. The summed E-state index contributed by atoms with van der Waals surface area (Å²) in [5.74, 6) is 2.09. The van der Waals surface area contributed by atoms with Gasteiger partial charge in [0.2, 0.25) is 0 Å². The van der Waals surface area contributed by atoms with Gasteiger partial charge < -0.3 is 4.74 Å². The van der Waals surface area contributed by atoms with Gasteiger partial charge >= 0.3 is 0 Å². The van der Waals surface area contributed by atoms with Crippen molar-refractivity contribution in [3.63, 3.8) is 0 Å². The molecule has 0 fully saturated rings. The largest absolute Gasteiger partial charge is 0.428 e. The topological polar surface area (TPSA) is 47.9 Å². The summed E-state index contributed by atoms with van der Waals surface area (Å²) in [6, 6.07) is 3.77. The van der Waals surface area contributed by atoms with Gasteiger partial charge in [-0.05, 0) is 40.6 Å². The summed E-state index contributed by atoms with van der Waals surface area (Å²) in [5.41, 5.74) is 0. The fraction of sp³-hybridized carbons (Fsp3) is 0.364. The van der Waals surface area contributed by atoms with Crippen molar-refractivity contribution in [1.82, 2.24) is 14.3 Å². The Bertz CT molecular complexity index is 484. The summed E-state index contributed by atoms with van der Waals surface area (Å²) in [5, 5.41) is 0.573. The van der Waals surface area contributed by atoms with E-state index in [1.807, 2.05) is 12.1 Å². The summed E-state index contributed by atoms with van der Waals surface area (Å²) in [6.45, 7) is 4.29. The lowest BCUT2D eigenvalue weighted by Crippen LogP contribution is -1.95. The maximum Gasteiger partial charge on any atom is 0.298 e. The Morgan fingerprint density at radius 3 is 2.88 bits per heavy atom. The van der Waals surface area contributed by atoms with Gasteiger partial charge in [-0.25, -0.2) is 4.98 Å². The second-order valence-electron chi connectivity index (χ2n) is 3.99. The number of pyridine rings is 1. The summed E-state index contributed by atoms with van der Waals surface area (Å²) < 4.78 is 10.8. The van der Waals surface area contributed by atoms with Gasteiger partial charge in [0.25, 0.3) is 5.19 Å². The molecule has 2 heterocycles. The molecule has 0 aliphatic carbocycles. The summed E-state index contributed by atoms with van der Waals surface area (Å²) >= 11 is 3.43. The maximum absolute atomic E-state index is 5.57. The van der Waals surface area contributed by atoms with Crippen molar-refractivity contribution in [2.75, 3.05) is 0 Å². The van der Waals surface area contributed by atoms with Crippen molar-refractivity contribution in [3.8, 4) is 10.9 Å². The van der Waals surface area contributed by atoms with Gasteiger partial charge in [0.05, 0.1) is 6.20 Å². The first-order valence-corrected chi connectivity index (χ1v) is 7.10. The van der Waals surface area contributed by atoms with Gasteiger partial charge in [-0.1, -0.05) is 13.8 Å². The molecule has 0 bridgehead atoms. The second-order valence-corrected chi connectivity index (χ2v) is 5.81. The summed E-state index contributed by atoms with van der Waals surface area (Å²) in [4.78, 5) is 8.47. The predicted molar refractivity (Wildman–Crippen MR) is 75.5 cm³/mol. The minimum Gasteiger partial charge on any atom is -0.428 e. The normalized spacial score (nSPS) is 10.8. The average Bonchev–Trinajstić information content (AvgIpc) is 2.68. The number of ether oxygens (including phenoxy) is 1. The van der Waals surface area contributed by atoms with Crippen LogP contribution in [0.4, 0.5) is 0 Å². The molecule has 6 heteroatoms. The molecule has 2 rings (SSSR count). The highest BCUT2D eigenvalue weighted by Gasteiger charge is 2.08. The fourth-order valence-electron chi connectivity index (χ4n) is 1.25. The SMILES string of the molecule is CC(C)Cc1nsc(Oc2ccc(I)nc2)n1. The molecular weight excluding hydrogens is 349 g/mol. The number of hydrogen-bond acceptors (Lipinski definition) is 5. The average molecular weight is 361 g/mol. The summed E-state index contributed by atoms with van der Waals surface area (Å²) in [7, 11) is 0. The summed E-state index contributed by atoms with van der Waals surface area (Å²) in [6.07, 6.45) is 2.57. The highest BCUT2D eigenvalue weighted by atomic mass is 127. The molecule has 2 aromatic heterocycles. The van der Waals surface area contributed by atoms with Gasteiger partial charge in [0.1, 0.15) is 15.3 Å². The Balaban J connectivity index is 2.03. The van der Waals surface area contributed by atoms with Crippen LogP contribution in [0.5, 0.6) is 10.9 Å². The zero-order chi connectivity index (χ0) is 12.3. The third-order valence-electron chi connectivity index (χ3n) is 1.95. The molecule has 4 nitrogen and oxygen atoms in total. The first-order chi connectivity index (χ1) is 8.13. The Kier molecular flexibility index (Phi) is 4.27. The zero-order valence-corrected chi connectivity index (χ0v) is 12.5. The van der Waals surface area contributed by atoms with Crippen molar-refractivity contribution < 1.29 is 4.74 Å². The van der Waals surface area contributed by atoms with Crippen molar-refractivity contribution in [3.05, 3.63) is 27.9 Å². The Labute approximate surface area is 118 Å². The van der Waals surface area contributed by atoms with Gasteiger partial charge in [-0.3, -0.25) is 0 Å². The van der Waals surface area contributed by atoms with Crippen LogP contribution in [0.3, 0.4) is 0 Å². The van der Waals surface area contributed by atoms with Crippen LogP contribution in [0, 0.1) is 9.62 Å². The van der Waals surface area contributed by atoms with E-state index in [9.17, 15) is 0 Å². The Morgan fingerprint density at radius 1 is 1.41 bits per heavy atom. The minimum atomic E-state index is 0.553. The molecule has 2 aromatic rings. The van der Waals surface area contributed by atoms with Crippen LogP contribution in [0.25, 0.3) is 0 Å². The van der Waals surface area contributed by atoms with Gasteiger partial charge in [-0.2, -0.15) is 9.36 Å². The monoisotopic (exact) mass is 361 g/mol. The number of rotatable bonds is 4. The number of hydrogen-bond donors (Lipinski definition) is 0. The molecule has 0 saturated carbocycles. The van der Waals surface area contributed by atoms with Crippen LogP contribution in [0.2, 0.25) is 0 Å². The minimum absolute atomic E-state index is 0.553. The van der Waals surface area contributed by atoms with Crippen LogP contribution >= 0.6 is 34.1 Å². The lowest BCUT2D eigenvalue weighted by molar-refractivity contribution is 0.473. The van der Waals surface area contributed by atoms with E-state index in [4.69, 9.17) is 4.74 Å². The first kappa shape index (κ1) is 12.7. The smallest absolute Gasteiger partial charge is 0.298 e. The maximum atomic E-state index is 5.57. The third kappa shape index (κ3) is 3.88. The zero-order valence-electron chi connectivity index (χ0n) is 9.55. The Morgan fingerprint density at radius 2 is 2.24 bits per heavy atom. The van der Waals surface area contributed by atoms with Crippen LogP contribution in [-0.4, -0.2) is 14.3 Å². The molecule has 0 radical (unpaired) electrons. The van der Waals surface area contributed by atoms with E-state index in [1.165, 1.54) is 11.5 Å². The fourth-order valence-corrected chi connectivity index (χ4v) is 2.15. The highest BCUT2D eigenvalue weighted by molar-refractivity contribution is 14.1. The molecule has 0 unspecified atom stereocenters. The van der Waals surface area contributed by atoms with E-state index in [-0.39, 0.29) is 0 Å². The molecule has 90 valence electrons. The molecule has 0 saturated heterocycles. The molecule has 0 aliphatic rings. The quantitative estimate of drug-likeness (QED) is 0.618. The van der Waals surface area contributed by atoms with Crippen molar-refractivity contribution in [1.29, 1.82) is 0 Å².